The van der Waals surface area contributed by atoms with E-state index in [0.717, 1.165) is 17.4 Å². The van der Waals surface area contributed by atoms with Gasteiger partial charge in [-0.3, -0.25) is 10.1 Å². The van der Waals surface area contributed by atoms with Crippen molar-refractivity contribution in [2.45, 2.75) is 18.7 Å². The lowest BCUT2D eigenvalue weighted by molar-refractivity contribution is 0.102. The van der Waals surface area contributed by atoms with Gasteiger partial charge in [0.2, 0.25) is 0 Å². The molecule has 9 heteroatoms. The van der Waals surface area contributed by atoms with Gasteiger partial charge in [-0.25, -0.2) is 13.4 Å². The average Bonchev–Trinajstić information content (AvgIpc) is 3.23. The molecule has 0 aliphatic rings. The molecule has 7 nitrogen and oxygen atoms in total. The number of aromatic nitrogens is 2. The van der Waals surface area contributed by atoms with Crippen LogP contribution in [0.3, 0.4) is 0 Å². The van der Waals surface area contributed by atoms with E-state index in [1.807, 2.05) is 31.2 Å². The van der Waals surface area contributed by atoms with Crippen molar-refractivity contribution in [1.82, 2.24) is 10.1 Å². The summed E-state index contributed by atoms with van der Waals surface area (Å²) >= 11 is 1.20. The number of carbonyl (C=O) groups is 1. The van der Waals surface area contributed by atoms with Gasteiger partial charge in [0.1, 0.15) is 5.56 Å². The molecule has 0 spiro atoms. The summed E-state index contributed by atoms with van der Waals surface area (Å²) in [6, 6.07) is 12.3. The van der Waals surface area contributed by atoms with Gasteiger partial charge < -0.3 is 4.52 Å². The SMILES string of the molecule is Cc1ccc(-c2onc(C)c2C(=O)Nc2nc3ccc(S(C)(=O)=O)cc3s2)cc1. The van der Waals surface area contributed by atoms with E-state index < -0.39 is 9.84 Å². The summed E-state index contributed by atoms with van der Waals surface area (Å²) < 4.78 is 29.6. The Balaban J connectivity index is 1.67. The smallest absolute Gasteiger partial charge is 0.263 e. The van der Waals surface area contributed by atoms with Crippen LogP contribution in [0, 0.1) is 13.8 Å². The molecular formula is C20H17N3O4S2. The lowest BCUT2D eigenvalue weighted by Crippen LogP contribution is -2.13. The lowest BCUT2D eigenvalue weighted by atomic mass is 10.1. The van der Waals surface area contributed by atoms with Crippen molar-refractivity contribution in [3.05, 3.63) is 59.3 Å². The number of fused-ring (bicyclic) bond motifs is 1. The third kappa shape index (κ3) is 3.79. The Morgan fingerprint density at radius 1 is 1.10 bits per heavy atom. The van der Waals surface area contributed by atoms with Crippen LogP contribution in [0.5, 0.6) is 0 Å². The normalized spacial score (nSPS) is 11.7. The standard InChI is InChI=1S/C20H17N3O4S2/c1-11-4-6-13(7-5-11)18-17(12(2)23-27-18)19(24)22-20-21-15-9-8-14(29(3,25)26)10-16(15)28-20/h4-10H,1-3H3,(H,21,22,24). The van der Waals surface area contributed by atoms with Crippen molar-refractivity contribution in [2.75, 3.05) is 11.6 Å². The maximum absolute atomic E-state index is 12.9. The number of benzene rings is 2. The molecule has 0 bridgehead atoms. The van der Waals surface area contributed by atoms with Crippen LogP contribution in [0.25, 0.3) is 21.5 Å². The van der Waals surface area contributed by atoms with E-state index in [2.05, 4.69) is 15.5 Å². The van der Waals surface area contributed by atoms with Crippen molar-refractivity contribution >= 4 is 42.4 Å². The average molecular weight is 428 g/mol. The number of carbonyl (C=O) groups excluding carboxylic acids is 1. The minimum Gasteiger partial charge on any atom is -0.355 e. The van der Waals surface area contributed by atoms with E-state index in [1.54, 1.807) is 19.1 Å². The molecule has 1 N–H and O–H groups in total. The van der Waals surface area contributed by atoms with E-state index in [9.17, 15) is 13.2 Å². The summed E-state index contributed by atoms with van der Waals surface area (Å²) in [6.07, 6.45) is 1.15. The van der Waals surface area contributed by atoms with Crippen molar-refractivity contribution in [2.24, 2.45) is 0 Å². The zero-order valence-electron chi connectivity index (χ0n) is 15.9. The lowest BCUT2D eigenvalue weighted by Gasteiger charge is -2.03. The first-order valence-electron chi connectivity index (χ1n) is 8.67. The Bertz CT molecular complexity index is 1340. The third-order valence-electron chi connectivity index (χ3n) is 4.41. The van der Waals surface area contributed by atoms with E-state index in [0.29, 0.717) is 32.4 Å². The Morgan fingerprint density at radius 2 is 1.83 bits per heavy atom. The second-order valence-corrected chi connectivity index (χ2v) is 9.76. The van der Waals surface area contributed by atoms with Crippen LogP contribution in [0.15, 0.2) is 51.9 Å². The molecule has 0 aliphatic heterocycles. The molecule has 29 heavy (non-hydrogen) atoms. The molecule has 0 saturated carbocycles. The molecule has 0 radical (unpaired) electrons. The fourth-order valence-corrected chi connectivity index (χ4v) is 4.51. The van der Waals surface area contributed by atoms with Gasteiger partial charge in [0.05, 0.1) is 20.8 Å². The summed E-state index contributed by atoms with van der Waals surface area (Å²) in [7, 11) is -3.32. The molecule has 0 fully saturated rings. The molecule has 0 unspecified atom stereocenters. The van der Waals surface area contributed by atoms with E-state index in [4.69, 9.17) is 4.52 Å². The number of thiazole rings is 1. The van der Waals surface area contributed by atoms with E-state index >= 15 is 0 Å². The van der Waals surface area contributed by atoms with Crippen LogP contribution in [-0.4, -0.2) is 30.7 Å². The number of rotatable bonds is 4. The maximum atomic E-state index is 12.9. The van der Waals surface area contributed by atoms with Crippen LogP contribution in [0.2, 0.25) is 0 Å². The van der Waals surface area contributed by atoms with Crippen LogP contribution < -0.4 is 5.32 Å². The zero-order valence-corrected chi connectivity index (χ0v) is 17.5. The summed E-state index contributed by atoms with van der Waals surface area (Å²) in [5.41, 5.74) is 3.27. The Hall–Kier alpha value is -3.04. The Morgan fingerprint density at radius 3 is 2.52 bits per heavy atom. The van der Waals surface area contributed by atoms with Crippen LogP contribution in [0.1, 0.15) is 21.6 Å². The summed E-state index contributed by atoms with van der Waals surface area (Å²) in [5.74, 6) is 0.00203. The van der Waals surface area contributed by atoms with Crippen molar-refractivity contribution in [3.63, 3.8) is 0 Å². The highest BCUT2D eigenvalue weighted by Crippen LogP contribution is 2.31. The van der Waals surface area contributed by atoms with E-state index in [1.165, 1.54) is 17.4 Å². The van der Waals surface area contributed by atoms with Gasteiger partial charge >= 0.3 is 0 Å². The van der Waals surface area contributed by atoms with E-state index in [-0.39, 0.29) is 10.8 Å². The predicted octanol–water partition coefficient (Wildman–Crippen LogP) is 4.22. The third-order valence-corrected chi connectivity index (χ3v) is 6.46. The molecule has 0 aliphatic carbocycles. The van der Waals surface area contributed by atoms with Gasteiger partial charge in [0.25, 0.3) is 5.91 Å². The zero-order chi connectivity index (χ0) is 20.8. The molecular weight excluding hydrogens is 410 g/mol. The summed E-state index contributed by atoms with van der Waals surface area (Å²) in [5, 5.41) is 7.08. The number of sulfone groups is 1. The Labute approximate surface area is 171 Å². The second kappa shape index (κ2) is 7.09. The highest BCUT2D eigenvalue weighted by molar-refractivity contribution is 7.90. The number of nitrogens with zero attached hydrogens (tertiary/aromatic N) is 2. The predicted molar refractivity (Wildman–Crippen MR) is 112 cm³/mol. The minimum absolute atomic E-state index is 0.211. The summed E-state index contributed by atoms with van der Waals surface area (Å²) in [4.78, 5) is 17.5. The molecule has 0 saturated heterocycles. The molecule has 0 atom stereocenters. The highest BCUT2D eigenvalue weighted by Gasteiger charge is 2.23. The first kappa shape index (κ1) is 19.3. The number of hydrogen-bond acceptors (Lipinski definition) is 7. The number of aryl methyl sites for hydroxylation is 2. The van der Waals surface area contributed by atoms with Crippen molar-refractivity contribution < 1.29 is 17.7 Å². The van der Waals surface area contributed by atoms with Gasteiger partial charge in [-0.2, -0.15) is 0 Å². The monoisotopic (exact) mass is 427 g/mol. The van der Waals surface area contributed by atoms with Gasteiger partial charge in [-0.15, -0.1) is 0 Å². The largest absolute Gasteiger partial charge is 0.355 e. The first-order valence-corrected chi connectivity index (χ1v) is 11.4. The number of anilines is 1. The van der Waals surface area contributed by atoms with Gasteiger partial charge in [0.15, 0.2) is 20.7 Å². The number of nitrogens with one attached hydrogen (secondary N) is 1. The van der Waals surface area contributed by atoms with Crippen LogP contribution >= 0.6 is 11.3 Å². The minimum atomic E-state index is -3.32. The number of amides is 1. The van der Waals surface area contributed by atoms with Gasteiger partial charge in [0, 0.05) is 11.8 Å². The van der Waals surface area contributed by atoms with Gasteiger partial charge in [-0.05, 0) is 32.0 Å². The molecule has 2 aromatic heterocycles. The fraction of sp³-hybridized carbons (Fsp3) is 0.150. The summed E-state index contributed by atoms with van der Waals surface area (Å²) in [6.45, 7) is 3.68. The molecule has 1 amide bonds. The van der Waals surface area contributed by atoms with Crippen LogP contribution in [0.4, 0.5) is 5.13 Å². The molecule has 2 heterocycles. The highest BCUT2D eigenvalue weighted by atomic mass is 32.2. The quantitative estimate of drug-likeness (QED) is 0.523. The maximum Gasteiger partial charge on any atom is 0.263 e. The van der Waals surface area contributed by atoms with Crippen molar-refractivity contribution in [3.8, 4) is 11.3 Å². The van der Waals surface area contributed by atoms with Crippen LogP contribution in [-0.2, 0) is 9.84 Å². The second-order valence-electron chi connectivity index (χ2n) is 6.71. The topological polar surface area (TPSA) is 102 Å². The molecule has 4 aromatic rings. The van der Waals surface area contributed by atoms with Crippen molar-refractivity contribution in [1.29, 1.82) is 0 Å². The molecule has 2 aromatic carbocycles. The Kier molecular flexibility index (Phi) is 4.71. The fourth-order valence-electron chi connectivity index (χ4n) is 2.89. The van der Waals surface area contributed by atoms with Gasteiger partial charge in [-0.1, -0.05) is 46.3 Å². The molecule has 148 valence electrons. The molecule has 4 rings (SSSR count). The number of hydrogen-bond donors (Lipinski definition) is 1. The first-order chi connectivity index (χ1) is 13.7.